The zero-order chi connectivity index (χ0) is 12.1. The second-order valence-corrected chi connectivity index (χ2v) is 8.95. The first-order chi connectivity index (χ1) is 6.70. The number of rotatable bonds is 4. The highest BCUT2D eigenvalue weighted by molar-refractivity contribution is 6.71. The van der Waals surface area contributed by atoms with Gasteiger partial charge in [0.05, 0.1) is 0 Å². The van der Waals surface area contributed by atoms with Crippen molar-refractivity contribution < 1.29 is 14.0 Å². The molecule has 86 valence electrons. The smallest absolute Gasteiger partial charge is 0.312 e. The van der Waals surface area contributed by atoms with Gasteiger partial charge in [-0.2, -0.15) is 0 Å². The molecule has 0 saturated carbocycles. The number of allylic oxidation sites excluding steroid dienone is 1. The molecule has 0 heterocycles. The molecule has 0 bridgehead atoms. The molecule has 0 radical (unpaired) electrons. The summed E-state index contributed by atoms with van der Waals surface area (Å²) in [6, 6.07) is 0. The lowest BCUT2D eigenvalue weighted by Crippen LogP contribution is -2.36. The minimum atomic E-state index is -1.84. The molecule has 0 unspecified atom stereocenters. The number of carbonyl (C=O) groups excluding carboxylic acids is 2. The molecular formula is C10H19NO3Si. The van der Waals surface area contributed by atoms with E-state index in [1.807, 2.05) is 33.5 Å². The summed E-state index contributed by atoms with van der Waals surface area (Å²) in [5.74, 6) is -0.632. The molecular weight excluding hydrogens is 210 g/mol. The highest BCUT2D eigenvalue weighted by Gasteiger charge is 2.19. The summed E-state index contributed by atoms with van der Waals surface area (Å²) in [4.78, 5) is 22.4. The summed E-state index contributed by atoms with van der Waals surface area (Å²) < 4.78 is 5.16. The van der Waals surface area contributed by atoms with Crippen LogP contribution in [0, 0.1) is 0 Å². The van der Waals surface area contributed by atoms with E-state index in [4.69, 9.17) is 4.43 Å². The molecule has 0 aliphatic carbocycles. The van der Waals surface area contributed by atoms with Crippen molar-refractivity contribution in [1.82, 2.24) is 5.32 Å². The van der Waals surface area contributed by atoms with Gasteiger partial charge >= 0.3 is 5.97 Å². The highest BCUT2D eigenvalue weighted by atomic mass is 28.4. The van der Waals surface area contributed by atoms with E-state index in [1.54, 1.807) is 0 Å². The fourth-order valence-corrected chi connectivity index (χ4v) is 1.61. The minimum Gasteiger partial charge on any atom is -0.519 e. The lowest BCUT2D eigenvalue weighted by molar-refractivity contribution is -0.135. The van der Waals surface area contributed by atoms with Gasteiger partial charge in [-0.3, -0.25) is 9.59 Å². The van der Waals surface area contributed by atoms with Gasteiger partial charge in [-0.05, 0) is 33.5 Å². The third-order valence-electron chi connectivity index (χ3n) is 1.25. The topological polar surface area (TPSA) is 55.4 Å². The quantitative estimate of drug-likeness (QED) is 0.586. The Kier molecular flexibility index (Phi) is 5.28. The SMILES string of the molecule is CC(C)=CC(=O)NCC(=O)O[Si](C)(C)C. The maximum atomic E-state index is 11.2. The lowest BCUT2D eigenvalue weighted by Gasteiger charge is -2.17. The van der Waals surface area contributed by atoms with Crippen molar-refractivity contribution in [2.24, 2.45) is 0 Å². The first-order valence-electron chi connectivity index (χ1n) is 4.85. The Morgan fingerprint density at radius 2 is 1.80 bits per heavy atom. The molecule has 1 amide bonds. The molecule has 4 nitrogen and oxygen atoms in total. The van der Waals surface area contributed by atoms with Crippen molar-refractivity contribution in [3.63, 3.8) is 0 Å². The Hall–Kier alpha value is -1.10. The summed E-state index contributed by atoms with van der Waals surface area (Å²) in [5.41, 5.74) is 0.895. The Morgan fingerprint density at radius 3 is 2.20 bits per heavy atom. The normalized spacial score (nSPS) is 10.5. The maximum Gasteiger partial charge on any atom is 0.312 e. The zero-order valence-electron chi connectivity index (χ0n) is 10.0. The highest BCUT2D eigenvalue weighted by Crippen LogP contribution is 2.01. The van der Waals surface area contributed by atoms with E-state index in [0.717, 1.165) is 5.57 Å². The summed E-state index contributed by atoms with van der Waals surface area (Å²) in [6.45, 7) is 9.33. The predicted octanol–water partition coefficient (Wildman–Crippen LogP) is 1.45. The summed E-state index contributed by atoms with van der Waals surface area (Å²) in [7, 11) is -1.84. The van der Waals surface area contributed by atoms with Gasteiger partial charge in [-0.15, -0.1) is 0 Å². The fourth-order valence-electron chi connectivity index (χ4n) is 0.850. The van der Waals surface area contributed by atoms with Crippen LogP contribution in [0.4, 0.5) is 0 Å². The molecule has 0 aromatic carbocycles. The first kappa shape index (κ1) is 13.9. The van der Waals surface area contributed by atoms with Crippen LogP contribution < -0.4 is 5.32 Å². The predicted molar refractivity (Wildman–Crippen MR) is 61.9 cm³/mol. The van der Waals surface area contributed by atoms with Crippen molar-refractivity contribution in [3.8, 4) is 0 Å². The van der Waals surface area contributed by atoms with Crippen LogP contribution in [0.3, 0.4) is 0 Å². The largest absolute Gasteiger partial charge is 0.519 e. The standard InChI is InChI=1S/C10H19NO3Si/c1-8(2)6-9(12)11-7-10(13)14-15(3,4)5/h6H,7H2,1-5H3,(H,11,12). The number of nitrogens with one attached hydrogen (secondary N) is 1. The van der Waals surface area contributed by atoms with Gasteiger partial charge in [0.25, 0.3) is 0 Å². The Balaban J connectivity index is 3.92. The molecule has 5 heteroatoms. The van der Waals surface area contributed by atoms with Crippen molar-refractivity contribution in [1.29, 1.82) is 0 Å². The Bertz CT molecular complexity index is 275. The van der Waals surface area contributed by atoms with Gasteiger partial charge in [0, 0.05) is 6.08 Å². The molecule has 0 saturated heterocycles. The summed E-state index contributed by atoms with van der Waals surface area (Å²) in [6.07, 6.45) is 1.45. The van der Waals surface area contributed by atoms with E-state index in [1.165, 1.54) is 6.08 Å². The van der Waals surface area contributed by atoms with Gasteiger partial charge in [-0.1, -0.05) is 5.57 Å². The summed E-state index contributed by atoms with van der Waals surface area (Å²) in [5, 5.41) is 2.47. The molecule has 0 aromatic rings. The van der Waals surface area contributed by atoms with Crippen LogP contribution in [-0.4, -0.2) is 26.7 Å². The number of hydrogen-bond donors (Lipinski definition) is 1. The minimum absolute atomic E-state index is 0.0626. The van der Waals surface area contributed by atoms with Gasteiger partial charge in [0.1, 0.15) is 6.54 Å². The van der Waals surface area contributed by atoms with E-state index < -0.39 is 8.32 Å². The zero-order valence-corrected chi connectivity index (χ0v) is 11.0. The Labute approximate surface area is 91.8 Å². The van der Waals surface area contributed by atoms with Crippen LogP contribution in [0.5, 0.6) is 0 Å². The molecule has 0 aliphatic heterocycles. The molecule has 0 atom stereocenters. The van der Waals surface area contributed by atoms with Crippen LogP contribution in [0.15, 0.2) is 11.6 Å². The second kappa shape index (κ2) is 5.70. The molecule has 0 fully saturated rings. The van der Waals surface area contributed by atoms with E-state index in [0.29, 0.717) is 0 Å². The number of hydrogen-bond acceptors (Lipinski definition) is 3. The van der Waals surface area contributed by atoms with Crippen LogP contribution >= 0.6 is 0 Å². The van der Waals surface area contributed by atoms with E-state index in [-0.39, 0.29) is 18.4 Å². The van der Waals surface area contributed by atoms with Crippen LogP contribution in [-0.2, 0) is 14.0 Å². The number of amides is 1. The Morgan fingerprint density at radius 1 is 1.27 bits per heavy atom. The monoisotopic (exact) mass is 229 g/mol. The van der Waals surface area contributed by atoms with E-state index in [9.17, 15) is 9.59 Å². The van der Waals surface area contributed by atoms with Gasteiger partial charge in [0.15, 0.2) is 0 Å². The maximum absolute atomic E-state index is 11.2. The van der Waals surface area contributed by atoms with Crippen LogP contribution in [0.25, 0.3) is 0 Å². The van der Waals surface area contributed by atoms with Crippen molar-refractivity contribution >= 4 is 20.2 Å². The van der Waals surface area contributed by atoms with Gasteiger partial charge < -0.3 is 9.74 Å². The molecule has 0 aliphatic rings. The molecule has 0 aromatic heterocycles. The molecule has 15 heavy (non-hydrogen) atoms. The lowest BCUT2D eigenvalue weighted by atomic mass is 10.3. The average Bonchev–Trinajstić information content (AvgIpc) is 1.96. The van der Waals surface area contributed by atoms with Crippen LogP contribution in [0.2, 0.25) is 19.6 Å². The molecule has 1 N–H and O–H groups in total. The number of carbonyl (C=O) groups is 2. The first-order valence-corrected chi connectivity index (χ1v) is 8.26. The van der Waals surface area contributed by atoms with Crippen molar-refractivity contribution in [3.05, 3.63) is 11.6 Å². The van der Waals surface area contributed by atoms with Gasteiger partial charge in [0.2, 0.25) is 14.2 Å². The third kappa shape index (κ3) is 9.21. The van der Waals surface area contributed by atoms with Crippen LogP contribution in [0.1, 0.15) is 13.8 Å². The molecule has 0 spiro atoms. The van der Waals surface area contributed by atoms with E-state index in [2.05, 4.69) is 5.32 Å². The van der Waals surface area contributed by atoms with Crippen molar-refractivity contribution in [2.75, 3.05) is 6.54 Å². The van der Waals surface area contributed by atoms with E-state index >= 15 is 0 Å². The fraction of sp³-hybridized carbons (Fsp3) is 0.600. The molecule has 0 rings (SSSR count). The third-order valence-corrected chi connectivity index (χ3v) is 2.09. The van der Waals surface area contributed by atoms with Crippen molar-refractivity contribution in [2.45, 2.75) is 33.5 Å². The second-order valence-electron chi connectivity index (χ2n) is 4.53. The summed E-state index contributed by atoms with van der Waals surface area (Å²) >= 11 is 0. The van der Waals surface area contributed by atoms with Gasteiger partial charge in [-0.25, -0.2) is 0 Å². The average molecular weight is 229 g/mol.